The number of pyridine rings is 1. The van der Waals surface area contributed by atoms with Crippen LogP contribution in [0.2, 0.25) is 5.02 Å². The molecule has 0 aliphatic carbocycles. The molecule has 2 aliphatic heterocycles. The van der Waals surface area contributed by atoms with E-state index in [4.69, 9.17) is 22.5 Å². The molecular formula is C24H22ClF2N5O3S. The summed E-state index contributed by atoms with van der Waals surface area (Å²) in [6.45, 7) is 2.36. The first kappa shape index (κ1) is 24.4. The summed E-state index contributed by atoms with van der Waals surface area (Å²) in [5, 5.41) is 5.49. The Balaban J connectivity index is 1.33. The lowest BCUT2D eigenvalue weighted by Gasteiger charge is -2.42. The summed E-state index contributed by atoms with van der Waals surface area (Å²) in [6.07, 6.45) is 1.87. The van der Waals surface area contributed by atoms with Gasteiger partial charge in [-0.05, 0) is 54.8 Å². The lowest BCUT2D eigenvalue weighted by molar-refractivity contribution is -0.123. The van der Waals surface area contributed by atoms with Crippen LogP contribution >= 0.6 is 11.6 Å². The normalized spacial score (nSPS) is 17.8. The van der Waals surface area contributed by atoms with Crippen LogP contribution in [0.1, 0.15) is 12.5 Å². The van der Waals surface area contributed by atoms with Gasteiger partial charge in [-0.25, -0.2) is 27.3 Å². The second-order valence-corrected chi connectivity index (χ2v) is 11.0. The molecule has 0 saturated carbocycles. The van der Waals surface area contributed by atoms with Crippen LogP contribution in [0.25, 0.3) is 11.1 Å². The van der Waals surface area contributed by atoms with Crippen molar-refractivity contribution in [2.24, 2.45) is 11.1 Å². The van der Waals surface area contributed by atoms with E-state index in [1.165, 1.54) is 23.2 Å². The number of carbonyl (C=O) groups is 1. The van der Waals surface area contributed by atoms with E-state index >= 15 is 0 Å². The summed E-state index contributed by atoms with van der Waals surface area (Å²) in [5.41, 5.74) is 7.92. The molecule has 1 amide bonds. The fraction of sp³-hybridized carbons (Fsp3) is 0.250. The van der Waals surface area contributed by atoms with Gasteiger partial charge >= 0.3 is 0 Å². The van der Waals surface area contributed by atoms with E-state index in [1.807, 2.05) is 0 Å². The average Bonchev–Trinajstić information content (AvgIpc) is 3.06. The monoisotopic (exact) mass is 533 g/mol. The zero-order chi connectivity index (χ0) is 25.9. The summed E-state index contributed by atoms with van der Waals surface area (Å²) in [6, 6.07) is 8.13. The number of primary sulfonamides is 1. The summed E-state index contributed by atoms with van der Waals surface area (Å²) in [7, 11) is -4.29. The van der Waals surface area contributed by atoms with Gasteiger partial charge in [0.2, 0.25) is 15.9 Å². The van der Waals surface area contributed by atoms with Crippen molar-refractivity contribution in [1.82, 2.24) is 4.98 Å². The Labute approximate surface area is 211 Å². The molecule has 2 aromatic carbocycles. The predicted octanol–water partition coefficient (Wildman–Crippen LogP) is 3.32. The van der Waals surface area contributed by atoms with Crippen LogP contribution in [0.5, 0.6) is 0 Å². The van der Waals surface area contributed by atoms with Gasteiger partial charge in [-0.15, -0.1) is 0 Å². The summed E-state index contributed by atoms with van der Waals surface area (Å²) in [4.78, 5) is 19.9. The molecule has 1 aromatic heterocycles. The van der Waals surface area contributed by atoms with Crippen LogP contribution in [0.4, 0.5) is 26.0 Å². The number of carbonyl (C=O) groups excluding carboxylic acids is 1. The number of halogens is 3. The quantitative estimate of drug-likeness (QED) is 0.530. The number of hydrogen-bond donors (Lipinski definition) is 2. The van der Waals surface area contributed by atoms with E-state index in [9.17, 15) is 22.0 Å². The highest BCUT2D eigenvalue weighted by Gasteiger charge is 2.41. The van der Waals surface area contributed by atoms with Gasteiger partial charge in [-0.1, -0.05) is 17.7 Å². The van der Waals surface area contributed by atoms with Crippen molar-refractivity contribution in [2.45, 2.75) is 24.3 Å². The van der Waals surface area contributed by atoms with Gasteiger partial charge in [-0.2, -0.15) is 0 Å². The number of amides is 1. The fourth-order valence-corrected chi connectivity index (χ4v) is 5.67. The zero-order valence-corrected chi connectivity index (χ0v) is 20.7. The molecule has 0 radical (unpaired) electrons. The maximum atomic E-state index is 15.0. The number of hydrogen-bond acceptors (Lipinski definition) is 6. The molecule has 1 saturated heterocycles. The topological polar surface area (TPSA) is 123 Å². The highest BCUT2D eigenvalue weighted by molar-refractivity contribution is 7.89. The Morgan fingerprint density at radius 3 is 2.47 bits per heavy atom. The Hall–Kier alpha value is -3.28. The van der Waals surface area contributed by atoms with Gasteiger partial charge in [0.1, 0.15) is 22.3 Å². The molecule has 0 unspecified atom stereocenters. The standard InChI is InChI=1S/C24H22ClF2N5O3S/c1-12-4-14-6-19(27)22(36(29,34)35)8-21(14)32(12)24(33)15-10-31(11-15)20-3-2-13(5-18(20)26)16-9-30-23(28)7-17(16)25/h2-3,5-9,12,15H,4,10-11H2,1H3,(H2,28,30)(H2,29,34,35)/t12-/m0/s1. The highest BCUT2D eigenvalue weighted by atomic mass is 35.5. The average molecular weight is 534 g/mol. The number of benzene rings is 2. The number of nitrogens with two attached hydrogens (primary N) is 2. The third-order valence-electron chi connectivity index (χ3n) is 6.60. The van der Waals surface area contributed by atoms with Crippen molar-refractivity contribution in [3.8, 4) is 11.1 Å². The van der Waals surface area contributed by atoms with E-state index in [1.54, 1.807) is 24.0 Å². The lowest BCUT2D eigenvalue weighted by atomic mass is 9.96. The van der Waals surface area contributed by atoms with Gasteiger partial charge in [-0.3, -0.25) is 4.79 Å². The van der Waals surface area contributed by atoms with E-state index in [2.05, 4.69) is 4.98 Å². The molecular weight excluding hydrogens is 512 g/mol. The third kappa shape index (κ3) is 4.16. The smallest absolute Gasteiger partial charge is 0.241 e. The molecule has 1 fully saturated rings. The van der Waals surface area contributed by atoms with Gasteiger partial charge < -0.3 is 15.5 Å². The number of nitrogen functional groups attached to an aromatic ring is 1. The van der Waals surface area contributed by atoms with E-state index in [-0.39, 0.29) is 30.9 Å². The molecule has 0 bridgehead atoms. The molecule has 12 heteroatoms. The molecule has 36 heavy (non-hydrogen) atoms. The van der Waals surface area contributed by atoms with Crippen molar-refractivity contribution in [3.63, 3.8) is 0 Å². The minimum absolute atomic E-state index is 0.235. The van der Waals surface area contributed by atoms with Crippen LogP contribution in [-0.4, -0.2) is 38.4 Å². The number of nitrogens with zero attached hydrogens (tertiary/aromatic N) is 3. The van der Waals surface area contributed by atoms with Crippen molar-refractivity contribution in [3.05, 3.63) is 64.8 Å². The first-order valence-corrected chi connectivity index (χ1v) is 13.0. The molecule has 5 rings (SSSR count). The maximum absolute atomic E-state index is 15.0. The zero-order valence-electron chi connectivity index (χ0n) is 19.1. The summed E-state index contributed by atoms with van der Waals surface area (Å²) >= 11 is 6.21. The van der Waals surface area contributed by atoms with E-state index in [0.717, 1.165) is 12.1 Å². The predicted molar refractivity (Wildman–Crippen MR) is 133 cm³/mol. The maximum Gasteiger partial charge on any atom is 0.241 e. The van der Waals surface area contributed by atoms with Crippen LogP contribution in [0.15, 0.2) is 47.5 Å². The highest BCUT2D eigenvalue weighted by Crippen LogP contribution is 2.39. The number of anilines is 3. The molecule has 4 N–H and O–H groups in total. The molecule has 1 atom stereocenters. The number of sulfonamides is 1. The fourth-order valence-electron chi connectivity index (χ4n) is 4.79. The molecule has 3 aromatic rings. The van der Waals surface area contributed by atoms with Gasteiger partial charge in [0.05, 0.1) is 16.6 Å². The summed E-state index contributed by atoms with van der Waals surface area (Å²) in [5.74, 6) is -1.82. The number of fused-ring (bicyclic) bond motifs is 1. The summed E-state index contributed by atoms with van der Waals surface area (Å²) < 4.78 is 52.8. The Morgan fingerprint density at radius 2 is 1.83 bits per heavy atom. The second kappa shape index (κ2) is 8.68. The lowest BCUT2D eigenvalue weighted by Crippen LogP contribution is -2.56. The second-order valence-electron chi connectivity index (χ2n) is 9.07. The van der Waals surface area contributed by atoms with Crippen LogP contribution in [-0.2, 0) is 21.2 Å². The molecule has 188 valence electrons. The number of rotatable bonds is 4. The van der Waals surface area contributed by atoms with E-state index in [0.29, 0.717) is 39.5 Å². The minimum Gasteiger partial charge on any atom is -0.384 e. The van der Waals surface area contributed by atoms with Crippen molar-refractivity contribution in [1.29, 1.82) is 0 Å². The molecule has 3 heterocycles. The van der Waals surface area contributed by atoms with Crippen LogP contribution < -0.4 is 20.7 Å². The van der Waals surface area contributed by atoms with Crippen LogP contribution in [0, 0.1) is 17.6 Å². The largest absolute Gasteiger partial charge is 0.384 e. The Bertz CT molecular complexity index is 1510. The number of aromatic nitrogens is 1. The first-order chi connectivity index (χ1) is 16.9. The van der Waals surface area contributed by atoms with Gasteiger partial charge in [0, 0.05) is 36.6 Å². The minimum atomic E-state index is -4.29. The molecule has 8 nitrogen and oxygen atoms in total. The first-order valence-electron chi connectivity index (χ1n) is 11.1. The Kier molecular flexibility index (Phi) is 5.89. The van der Waals surface area contributed by atoms with Crippen LogP contribution in [0.3, 0.4) is 0 Å². The van der Waals surface area contributed by atoms with Crippen molar-refractivity contribution >= 4 is 44.7 Å². The molecule has 0 spiro atoms. The van der Waals surface area contributed by atoms with Gasteiger partial charge in [0.15, 0.2) is 0 Å². The van der Waals surface area contributed by atoms with Gasteiger partial charge in [0.25, 0.3) is 0 Å². The SMILES string of the molecule is C[C@H]1Cc2cc(F)c(S(N)(=O)=O)cc2N1C(=O)C1CN(c2ccc(-c3cnc(N)cc3Cl)cc2F)C1. The van der Waals surface area contributed by atoms with E-state index < -0.39 is 32.5 Å². The Morgan fingerprint density at radius 1 is 1.11 bits per heavy atom. The molecule has 2 aliphatic rings. The van der Waals surface area contributed by atoms with Crippen molar-refractivity contribution in [2.75, 3.05) is 28.6 Å². The third-order valence-corrected chi connectivity index (χ3v) is 7.84. The van der Waals surface area contributed by atoms with Crippen molar-refractivity contribution < 1.29 is 22.0 Å².